The number of carbonyl (C=O) groups excluding carboxylic acids is 1. The highest BCUT2D eigenvalue weighted by Crippen LogP contribution is 1.82. The van der Waals surface area contributed by atoms with Crippen molar-refractivity contribution in [3.05, 3.63) is 0 Å². The third kappa shape index (κ3) is 6.63. The number of unbranched alkanes of at least 4 members (excludes halogenated alkanes) is 1. The molecule has 0 heterocycles. The minimum absolute atomic E-state index is 0.209. The molecule has 0 aromatic carbocycles. The van der Waals surface area contributed by atoms with E-state index in [9.17, 15) is 4.79 Å². The lowest BCUT2D eigenvalue weighted by Gasteiger charge is -1.98. The van der Waals surface area contributed by atoms with E-state index in [2.05, 4.69) is 10.3 Å². The molecule has 0 radical (unpaired) electrons. The molecule has 64 valence electrons. The normalized spacial score (nSPS) is 8.82. The number of nitrogens with one attached hydrogen (secondary N) is 1. The summed E-state index contributed by atoms with van der Waals surface area (Å²) in [7, 11) is 0. The average molecular weight is 158 g/mol. The highest BCUT2D eigenvalue weighted by Gasteiger charge is 1.94. The molecular formula is C6H14N4O. The van der Waals surface area contributed by atoms with Crippen LogP contribution in [0.3, 0.4) is 0 Å². The number of rotatable bonds is 3. The fourth-order valence-corrected chi connectivity index (χ4v) is 0.529. The minimum Gasteiger partial charge on any atom is -0.370 e. The number of amides is 2. The molecule has 0 atom stereocenters. The number of guanidine groups is 1. The predicted octanol–water partition coefficient (Wildman–Crippen LogP) is -0.230. The molecule has 0 aromatic heterocycles. The van der Waals surface area contributed by atoms with Crippen molar-refractivity contribution >= 4 is 12.0 Å². The van der Waals surface area contributed by atoms with Crippen LogP contribution in [0.4, 0.5) is 4.79 Å². The summed E-state index contributed by atoms with van der Waals surface area (Å²) in [5, 5.41) is 2.53. The summed E-state index contributed by atoms with van der Waals surface area (Å²) >= 11 is 0. The molecule has 5 nitrogen and oxygen atoms in total. The summed E-state index contributed by atoms with van der Waals surface area (Å²) < 4.78 is 0. The van der Waals surface area contributed by atoms with Crippen molar-refractivity contribution < 1.29 is 4.79 Å². The summed E-state index contributed by atoms with van der Waals surface area (Å²) in [6.45, 7) is 2.65. The van der Waals surface area contributed by atoms with Crippen LogP contribution >= 0.6 is 0 Å². The Morgan fingerprint density at radius 3 is 2.64 bits per heavy atom. The van der Waals surface area contributed by atoms with Gasteiger partial charge in [-0.05, 0) is 6.42 Å². The van der Waals surface area contributed by atoms with Crippen LogP contribution in [-0.2, 0) is 0 Å². The van der Waals surface area contributed by atoms with Crippen molar-refractivity contribution in [2.24, 2.45) is 16.5 Å². The van der Waals surface area contributed by atoms with Gasteiger partial charge in [-0.1, -0.05) is 13.3 Å². The Hall–Kier alpha value is -1.26. The van der Waals surface area contributed by atoms with Crippen LogP contribution in [0.2, 0.25) is 0 Å². The molecule has 5 N–H and O–H groups in total. The van der Waals surface area contributed by atoms with E-state index in [1.807, 2.05) is 6.92 Å². The van der Waals surface area contributed by atoms with Crippen molar-refractivity contribution in [1.82, 2.24) is 5.32 Å². The van der Waals surface area contributed by atoms with Gasteiger partial charge in [0, 0.05) is 6.54 Å². The average Bonchev–Trinajstić information content (AvgIpc) is 1.86. The van der Waals surface area contributed by atoms with Crippen molar-refractivity contribution in [3.8, 4) is 0 Å². The van der Waals surface area contributed by atoms with E-state index in [1.54, 1.807) is 0 Å². The Labute approximate surface area is 65.9 Å². The number of urea groups is 1. The Morgan fingerprint density at radius 2 is 2.18 bits per heavy atom. The van der Waals surface area contributed by atoms with Gasteiger partial charge in [0.15, 0.2) is 5.96 Å². The molecule has 0 saturated heterocycles. The van der Waals surface area contributed by atoms with E-state index in [0.717, 1.165) is 12.8 Å². The van der Waals surface area contributed by atoms with E-state index in [0.29, 0.717) is 6.54 Å². The summed E-state index contributed by atoms with van der Waals surface area (Å²) in [6.07, 6.45) is 1.97. The first-order valence-corrected chi connectivity index (χ1v) is 3.54. The first-order chi connectivity index (χ1) is 5.16. The van der Waals surface area contributed by atoms with E-state index in [4.69, 9.17) is 11.5 Å². The number of nitrogens with zero attached hydrogens (tertiary/aromatic N) is 1. The lowest BCUT2D eigenvalue weighted by molar-refractivity contribution is 0.249. The lowest BCUT2D eigenvalue weighted by atomic mass is 10.3. The zero-order chi connectivity index (χ0) is 8.69. The topological polar surface area (TPSA) is 93.5 Å². The van der Waals surface area contributed by atoms with E-state index >= 15 is 0 Å². The molecule has 0 aliphatic heterocycles. The molecule has 0 aliphatic rings. The van der Waals surface area contributed by atoms with E-state index in [1.165, 1.54) is 0 Å². The fraction of sp³-hybridized carbons (Fsp3) is 0.667. The molecule has 0 saturated carbocycles. The predicted molar refractivity (Wildman–Crippen MR) is 44.1 cm³/mol. The zero-order valence-electron chi connectivity index (χ0n) is 6.63. The zero-order valence-corrected chi connectivity index (χ0v) is 6.63. The molecule has 0 spiro atoms. The maximum absolute atomic E-state index is 10.7. The molecule has 0 aromatic rings. The van der Waals surface area contributed by atoms with Gasteiger partial charge in [-0.3, -0.25) is 0 Å². The van der Waals surface area contributed by atoms with Gasteiger partial charge in [0.1, 0.15) is 0 Å². The fourth-order valence-electron chi connectivity index (χ4n) is 0.529. The number of hydrogen-bond donors (Lipinski definition) is 3. The second-order valence-corrected chi connectivity index (χ2v) is 2.12. The standard InChI is InChI=1S/C6H14N4O/c1-2-3-4-9-6(11)10-5(7)8/h2-4H2,1H3,(H5,7,8,9,10,11). The third-order valence-corrected chi connectivity index (χ3v) is 1.04. The molecular weight excluding hydrogens is 144 g/mol. The quantitative estimate of drug-likeness (QED) is 0.301. The molecule has 0 bridgehead atoms. The molecule has 0 fully saturated rings. The van der Waals surface area contributed by atoms with Crippen LogP contribution in [-0.4, -0.2) is 18.5 Å². The Bertz CT molecular complexity index is 151. The van der Waals surface area contributed by atoms with Crippen LogP contribution < -0.4 is 16.8 Å². The van der Waals surface area contributed by atoms with Gasteiger partial charge in [-0.25, -0.2) is 4.79 Å². The van der Waals surface area contributed by atoms with Crippen molar-refractivity contribution in [2.75, 3.05) is 6.54 Å². The molecule has 0 aliphatic carbocycles. The number of hydrogen-bond acceptors (Lipinski definition) is 1. The van der Waals surface area contributed by atoms with Crippen LogP contribution in [0.15, 0.2) is 4.99 Å². The number of aliphatic imine (C=N–C) groups is 1. The monoisotopic (exact) mass is 158 g/mol. The maximum atomic E-state index is 10.7. The van der Waals surface area contributed by atoms with Gasteiger partial charge < -0.3 is 16.8 Å². The highest BCUT2D eigenvalue weighted by atomic mass is 16.2. The summed E-state index contributed by atoms with van der Waals surface area (Å²) in [5.74, 6) is -0.209. The smallest absolute Gasteiger partial charge is 0.344 e. The van der Waals surface area contributed by atoms with Crippen molar-refractivity contribution in [1.29, 1.82) is 0 Å². The van der Waals surface area contributed by atoms with E-state index in [-0.39, 0.29) is 5.96 Å². The number of nitrogens with two attached hydrogens (primary N) is 2. The van der Waals surface area contributed by atoms with Gasteiger partial charge in [0.2, 0.25) is 0 Å². The van der Waals surface area contributed by atoms with Crippen LogP contribution in [0, 0.1) is 0 Å². The molecule has 11 heavy (non-hydrogen) atoms. The first kappa shape index (κ1) is 9.74. The van der Waals surface area contributed by atoms with Gasteiger partial charge in [-0.2, -0.15) is 4.99 Å². The molecule has 0 unspecified atom stereocenters. The minimum atomic E-state index is -0.474. The van der Waals surface area contributed by atoms with Gasteiger partial charge in [0.05, 0.1) is 0 Å². The lowest BCUT2D eigenvalue weighted by Crippen LogP contribution is -2.29. The Morgan fingerprint density at radius 1 is 1.55 bits per heavy atom. The summed E-state index contributed by atoms with van der Waals surface area (Å²) in [4.78, 5) is 13.9. The third-order valence-electron chi connectivity index (χ3n) is 1.04. The van der Waals surface area contributed by atoms with Crippen molar-refractivity contribution in [2.45, 2.75) is 19.8 Å². The SMILES string of the molecule is CCCCNC(=O)N=C(N)N. The van der Waals surface area contributed by atoms with Crippen LogP contribution in [0.1, 0.15) is 19.8 Å². The van der Waals surface area contributed by atoms with Crippen molar-refractivity contribution in [3.63, 3.8) is 0 Å². The van der Waals surface area contributed by atoms with Gasteiger partial charge >= 0.3 is 6.03 Å². The van der Waals surface area contributed by atoms with Crippen LogP contribution in [0.5, 0.6) is 0 Å². The first-order valence-electron chi connectivity index (χ1n) is 3.54. The number of carbonyl (C=O) groups is 1. The summed E-state index contributed by atoms with van der Waals surface area (Å²) in [5.41, 5.74) is 9.93. The molecule has 5 heteroatoms. The van der Waals surface area contributed by atoms with E-state index < -0.39 is 6.03 Å². The highest BCUT2D eigenvalue weighted by molar-refractivity contribution is 5.90. The van der Waals surface area contributed by atoms with Crippen LogP contribution in [0.25, 0.3) is 0 Å². The Kier molecular flexibility index (Phi) is 4.89. The maximum Gasteiger partial charge on any atom is 0.344 e. The molecule has 2 amide bonds. The second-order valence-electron chi connectivity index (χ2n) is 2.12. The largest absolute Gasteiger partial charge is 0.370 e. The molecule has 0 rings (SSSR count). The van der Waals surface area contributed by atoms with Gasteiger partial charge in [0.25, 0.3) is 0 Å². The second kappa shape index (κ2) is 5.52. The summed E-state index contributed by atoms with van der Waals surface area (Å²) in [6, 6.07) is -0.474. The van der Waals surface area contributed by atoms with Gasteiger partial charge in [-0.15, -0.1) is 0 Å². The Balaban J connectivity index is 3.46.